The highest BCUT2D eigenvalue weighted by atomic mass is 79.9. The number of likely N-dealkylation sites (N-methyl/N-ethyl adjacent to an activating group) is 1. The van der Waals surface area contributed by atoms with E-state index in [1.54, 1.807) is 4.90 Å². The highest BCUT2D eigenvalue weighted by molar-refractivity contribution is 9.10. The lowest BCUT2D eigenvalue weighted by atomic mass is 10.0. The minimum atomic E-state index is 0.137. The lowest BCUT2D eigenvalue weighted by molar-refractivity contribution is -0.129. The number of carbonyl (C=O) groups excluding carboxylic acids is 1. The van der Waals surface area contributed by atoms with Crippen molar-refractivity contribution in [3.8, 4) is 0 Å². The Morgan fingerprint density at radius 1 is 1.32 bits per heavy atom. The van der Waals surface area contributed by atoms with Crippen LogP contribution < -0.4 is 5.73 Å². The number of amides is 1. The molecule has 1 aromatic carbocycles. The Morgan fingerprint density at radius 3 is 2.42 bits per heavy atom. The molecule has 0 saturated carbocycles. The first-order valence-electron chi connectivity index (χ1n) is 6.64. The van der Waals surface area contributed by atoms with E-state index in [1.807, 2.05) is 31.3 Å². The van der Waals surface area contributed by atoms with Crippen LogP contribution in [0, 0.1) is 5.92 Å². The maximum atomic E-state index is 12.1. The Hall–Kier alpha value is -0.870. The molecule has 0 fully saturated rings. The molecule has 1 rings (SSSR count). The van der Waals surface area contributed by atoms with Gasteiger partial charge in [-0.25, -0.2) is 0 Å². The van der Waals surface area contributed by atoms with E-state index in [0.717, 1.165) is 16.5 Å². The van der Waals surface area contributed by atoms with E-state index >= 15 is 0 Å². The summed E-state index contributed by atoms with van der Waals surface area (Å²) in [6.45, 7) is 4.93. The third-order valence-corrected chi connectivity index (χ3v) is 3.88. The summed E-state index contributed by atoms with van der Waals surface area (Å²) in [6, 6.07) is 8.00. The van der Waals surface area contributed by atoms with Gasteiger partial charge < -0.3 is 10.6 Å². The summed E-state index contributed by atoms with van der Waals surface area (Å²) in [5, 5.41) is 0. The molecule has 0 radical (unpaired) electrons. The molecular weight excluding hydrogens is 304 g/mol. The number of carbonyl (C=O) groups is 1. The van der Waals surface area contributed by atoms with Gasteiger partial charge >= 0.3 is 0 Å². The number of benzene rings is 1. The summed E-state index contributed by atoms with van der Waals surface area (Å²) < 4.78 is 1.03. The van der Waals surface area contributed by atoms with Gasteiger partial charge in [-0.3, -0.25) is 4.79 Å². The highest BCUT2D eigenvalue weighted by Crippen LogP contribution is 2.12. The van der Waals surface area contributed by atoms with Crippen molar-refractivity contribution in [2.75, 3.05) is 13.6 Å². The smallest absolute Gasteiger partial charge is 0.226 e. The Balaban J connectivity index is 2.42. The third-order valence-electron chi connectivity index (χ3n) is 3.35. The van der Waals surface area contributed by atoms with E-state index < -0.39 is 0 Å². The normalized spacial score (nSPS) is 12.5. The van der Waals surface area contributed by atoms with E-state index in [-0.39, 0.29) is 11.9 Å². The standard InChI is InChI=1S/C15H23BrN2O/c1-11(2)14(17)8-9-18(3)15(19)10-12-4-6-13(16)7-5-12/h4-7,11,14H,8-10,17H2,1-3H3. The van der Waals surface area contributed by atoms with Gasteiger partial charge in [0.25, 0.3) is 0 Å². The van der Waals surface area contributed by atoms with Crippen molar-refractivity contribution < 1.29 is 4.79 Å². The van der Waals surface area contributed by atoms with Gasteiger partial charge in [0, 0.05) is 24.1 Å². The lowest BCUT2D eigenvalue weighted by Gasteiger charge is -2.21. The molecule has 106 valence electrons. The second kappa shape index (κ2) is 7.65. The predicted octanol–water partition coefficient (Wildman–Crippen LogP) is 2.82. The Labute approximate surface area is 124 Å². The van der Waals surface area contributed by atoms with Crippen LogP contribution in [-0.4, -0.2) is 30.4 Å². The van der Waals surface area contributed by atoms with Crippen LogP contribution in [0.5, 0.6) is 0 Å². The number of hydrogen-bond acceptors (Lipinski definition) is 2. The molecule has 0 bridgehead atoms. The predicted molar refractivity (Wildman–Crippen MR) is 82.9 cm³/mol. The zero-order chi connectivity index (χ0) is 14.4. The molecule has 0 aromatic heterocycles. The first kappa shape index (κ1) is 16.2. The third kappa shape index (κ3) is 5.74. The van der Waals surface area contributed by atoms with Crippen molar-refractivity contribution in [2.24, 2.45) is 11.7 Å². The molecule has 1 aromatic rings. The first-order valence-corrected chi connectivity index (χ1v) is 7.43. The molecule has 3 nitrogen and oxygen atoms in total. The topological polar surface area (TPSA) is 46.3 Å². The van der Waals surface area contributed by atoms with Crippen molar-refractivity contribution in [3.63, 3.8) is 0 Å². The van der Waals surface area contributed by atoms with E-state index in [4.69, 9.17) is 5.73 Å². The van der Waals surface area contributed by atoms with Crippen molar-refractivity contribution in [1.82, 2.24) is 4.90 Å². The summed E-state index contributed by atoms with van der Waals surface area (Å²) in [6.07, 6.45) is 1.29. The average molecular weight is 327 g/mol. The van der Waals surface area contributed by atoms with Crippen molar-refractivity contribution in [2.45, 2.75) is 32.7 Å². The van der Waals surface area contributed by atoms with Gasteiger partial charge in [0.1, 0.15) is 0 Å². The minimum absolute atomic E-state index is 0.137. The molecule has 0 heterocycles. The maximum Gasteiger partial charge on any atom is 0.226 e. The zero-order valence-corrected chi connectivity index (χ0v) is 13.5. The fourth-order valence-corrected chi connectivity index (χ4v) is 1.98. The first-order chi connectivity index (χ1) is 8.90. The van der Waals surface area contributed by atoms with Gasteiger partial charge in [0.15, 0.2) is 0 Å². The lowest BCUT2D eigenvalue weighted by Crippen LogP contribution is -2.35. The van der Waals surface area contributed by atoms with Crippen molar-refractivity contribution >= 4 is 21.8 Å². The molecular formula is C15H23BrN2O. The molecule has 2 N–H and O–H groups in total. The second-order valence-electron chi connectivity index (χ2n) is 5.32. The average Bonchev–Trinajstić information content (AvgIpc) is 2.37. The number of nitrogens with two attached hydrogens (primary N) is 1. The second-order valence-corrected chi connectivity index (χ2v) is 6.23. The largest absolute Gasteiger partial charge is 0.345 e. The SMILES string of the molecule is CC(C)C(N)CCN(C)C(=O)Cc1ccc(Br)cc1. The van der Waals surface area contributed by atoms with Gasteiger partial charge in [-0.05, 0) is 30.0 Å². The molecule has 0 aliphatic carbocycles. The van der Waals surface area contributed by atoms with Crippen LogP contribution in [0.25, 0.3) is 0 Å². The zero-order valence-electron chi connectivity index (χ0n) is 11.9. The van der Waals surface area contributed by atoms with Crippen LogP contribution in [0.3, 0.4) is 0 Å². The molecule has 0 aliphatic rings. The van der Waals surface area contributed by atoms with Crippen LogP contribution in [0.1, 0.15) is 25.8 Å². The summed E-state index contributed by atoms with van der Waals surface area (Å²) in [5.74, 6) is 0.591. The Bertz CT molecular complexity index is 403. The molecule has 0 saturated heterocycles. The summed E-state index contributed by atoms with van der Waals surface area (Å²) in [7, 11) is 1.84. The molecule has 19 heavy (non-hydrogen) atoms. The quantitative estimate of drug-likeness (QED) is 0.873. The number of nitrogens with zero attached hydrogens (tertiary/aromatic N) is 1. The van der Waals surface area contributed by atoms with Crippen LogP contribution >= 0.6 is 15.9 Å². The highest BCUT2D eigenvalue weighted by Gasteiger charge is 2.13. The fourth-order valence-electron chi connectivity index (χ4n) is 1.71. The molecule has 0 spiro atoms. The Morgan fingerprint density at radius 2 is 1.89 bits per heavy atom. The van der Waals surface area contributed by atoms with Gasteiger partial charge in [-0.1, -0.05) is 41.9 Å². The van der Waals surface area contributed by atoms with E-state index in [9.17, 15) is 4.79 Å². The molecule has 0 aliphatic heterocycles. The molecule has 1 unspecified atom stereocenters. The number of hydrogen-bond donors (Lipinski definition) is 1. The van der Waals surface area contributed by atoms with Gasteiger partial charge in [0.2, 0.25) is 5.91 Å². The van der Waals surface area contributed by atoms with Crippen molar-refractivity contribution in [1.29, 1.82) is 0 Å². The van der Waals surface area contributed by atoms with Gasteiger partial charge in [-0.15, -0.1) is 0 Å². The van der Waals surface area contributed by atoms with Crippen LogP contribution in [0.2, 0.25) is 0 Å². The van der Waals surface area contributed by atoms with Crippen molar-refractivity contribution in [3.05, 3.63) is 34.3 Å². The number of halogens is 1. The van der Waals surface area contributed by atoms with Crippen LogP contribution in [0.15, 0.2) is 28.7 Å². The minimum Gasteiger partial charge on any atom is -0.345 e. The van der Waals surface area contributed by atoms with Gasteiger partial charge in [0.05, 0.1) is 6.42 Å². The summed E-state index contributed by atoms with van der Waals surface area (Å²) >= 11 is 3.39. The summed E-state index contributed by atoms with van der Waals surface area (Å²) in [4.78, 5) is 13.8. The number of rotatable bonds is 6. The molecule has 4 heteroatoms. The monoisotopic (exact) mass is 326 g/mol. The fraction of sp³-hybridized carbons (Fsp3) is 0.533. The van der Waals surface area contributed by atoms with E-state index in [1.165, 1.54) is 0 Å². The summed E-state index contributed by atoms with van der Waals surface area (Å²) in [5.41, 5.74) is 7.03. The van der Waals surface area contributed by atoms with Crippen LogP contribution in [-0.2, 0) is 11.2 Å². The molecule has 1 atom stereocenters. The van der Waals surface area contributed by atoms with Gasteiger partial charge in [-0.2, -0.15) is 0 Å². The Kier molecular flexibility index (Phi) is 6.52. The van der Waals surface area contributed by atoms with E-state index in [0.29, 0.717) is 18.9 Å². The van der Waals surface area contributed by atoms with E-state index in [2.05, 4.69) is 29.8 Å². The molecule has 1 amide bonds. The van der Waals surface area contributed by atoms with Crippen LogP contribution in [0.4, 0.5) is 0 Å². The maximum absolute atomic E-state index is 12.1.